The van der Waals surface area contributed by atoms with E-state index in [0.717, 1.165) is 18.5 Å². The maximum atomic E-state index is 8.79. The van der Waals surface area contributed by atoms with Gasteiger partial charge in [-0.25, -0.2) is 4.68 Å². The molecular formula is C10H19N3O. The second kappa shape index (κ2) is 5.00. The van der Waals surface area contributed by atoms with Crippen LogP contribution in [0.5, 0.6) is 0 Å². The maximum absolute atomic E-state index is 8.79. The zero-order valence-electron chi connectivity index (χ0n) is 8.90. The van der Waals surface area contributed by atoms with Gasteiger partial charge in [0.25, 0.3) is 0 Å². The summed E-state index contributed by atoms with van der Waals surface area (Å²) in [5.74, 6) is 1.12. The van der Waals surface area contributed by atoms with Crippen LogP contribution in [-0.4, -0.2) is 21.5 Å². The van der Waals surface area contributed by atoms with Gasteiger partial charge < -0.3 is 10.8 Å². The number of aromatic nitrogens is 2. The Labute approximate surface area is 84.7 Å². The van der Waals surface area contributed by atoms with Crippen LogP contribution < -0.4 is 5.73 Å². The molecule has 0 atom stereocenters. The number of aliphatic hydroxyl groups is 1. The zero-order valence-corrected chi connectivity index (χ0v) is 8.90. The highest BCUT2D eigenvalue weighted by molar-refractivity contribution is 5.32. The molecule has 0 radical (unpaired) electrons. The number of nitrogens with zero attached hydrogens (tertiary/aromatic N) is 2. The second-order valence-electron chi connectivity index (χ2n) is 3.45. The van der Waals surface area contributed by atoms with Gasteiger partial charge in [0.05, 0.1) is 18.8 Å². The first kappa shape index (κ1) is 11.0. The summed E-state index contributed by atoms with van der Waals surface area (Å²) in [5, 5.41) is 13.2. The van der Waals surface area contributed by atoms with Crippen LogP contribution in [0, 0.1) is 0 Å². The molecule has 0 unspecified atom stereocenters. The predicted molar refractivity (Wildman–Crippen MR) is 57.0 cm³/mol. The van der Waals surface area contributed by atoms with Crippen molar-refractivity contribution < 1.29 is 5.11 Å². The summed E-state index contributed by atoms with van der Waals surface area (Å²) < 4.78 is 1.66. The highest BCUT2D eigenvalue weighted by Gasteiger charge is 2.12. The minimum atomic E-state index is 0.0776. The van der Waals surface area contributed by atoms with Crippen LogP contribution in [0.1, 0.15) is 38.3 Å². The molecule has 0 aliphatic heterocycles. The number of nitrogen functional groups attached to an aromatic ring is 1. The first-order valence-electron chi connectivity index (χ1n) is 5.17. The monoisotopic (exact) mass is 197 g/mol. The molecule has 80 valence electrons. The highest BCUT2D eigenvalue weighted by Crippen LogP contribution is 2.23. The minimum absolute atomic E-state index is 0.0776. The van der Waals surface area contributed by atoms with Crippen LogP contribution in [0.4, 0.5) is 5.82 Å². The SMILES string of the molecule is CCC(CC)c1cc(N)n(CCO)n1. The van der Waals surface area contributed by atoms with Gasteiger partial charge in [-0.3, -0.25) is 0 Å². The topological polar surface area (TPSA) is 64.1 Å². The zero-order chi connectivity index (χ0) is 10.6. The van der Waals surface area contributed by atoms with Gasteiger partial charge in [0.15, 0.2) is 0 Å². The van der Waals surface area contributed by atoms with E-state index >= 15 is 0 Å². The normalized spacial score (nSPS) is 11.1. The molecule has 0 saturated carbocycles. The molecule has 0 bridgehead atoms. The Morgan fingerprint density at radius 2 is 2.14 bits per heavy atom. The van der Waals surface area contributed by atoms with E-state index in [0.29, 0.717) is 18.3 Å². The van der Waals surface area contributed by atoms with Crippen molar-refractivity contribution in [2.45, 2.75) is 39.2 Å². The lowest BCUT2D eigenvalue weighted by Gasteiger charge is -2.07. The molecule has 0 aliphatic rings. The summed E-state index contributed by atoms with van der Waals surface area (Å²) in [6, 6.07) is 1.91. The summed E-state index contributed by atoms with van der Waals surface area (Å²) in [5.41, 5.74) is 6.81. The minimum Gasteiger partial charge on any atom is -0.394 e. The first-order valence-corrected chi connectivity index (χ1v) is 5.17. The molecule has 1 rings (SSSR count). The summed E-state index contributed by atoms with van der Waals surface area (Å²) in [7, 11) is 0. The maximum Gasteiger partial charge on any atom is 0.122 e. The number of nitrogens with two attached hydrogens (primary N) is 1. The van der Waals surface area contributed by atoms with E-state index in [4.69, 9.17) is 10.8 Å². The predicted octanol–water partition coefficient (Wildman–Crippen LogP) is 1.36. The van der Waals surface area contributed by atoms with Crippen LogP contribution in [0.2, 0.25) is 0 Å². The van der Waals surface area contributed by atoms with Gasteiger partial charge in [-0.1, -0.05) is 13.8 Å². The fraction of sp³-hybridized carbons (Fsp3) is 0.700. The molecule has 0 amide bonds. The Bertz CT molecular complexity index is 279. The van der Waals surface area contributed by atoms with Crippen molar-refractivity contribution in [3.63, 3.8) is 0 Å². The Balaban J connectivity index is 2.83. The van der Waals surface area contributed by atoms with Crippen molar-refractivity contribution in [1.82, 2.24) is 9.78 Å². The number of hydrogen-bond donors (Lipinski definition) is 2. The molecule has 1 heterocycles. The van der Waals surface area contributed by atoms with Gasteiger partial charge in [0, 0.05) is 12.0 Å². The van der Waals surface area contributed by atoms with Gasteiger partial charge >= 0.3 is 0 Å². The molecule has 0 saturated heterocycles. The molecule has 0 fully saturated rings. The molecule has 14 heavy (non-hydrogen) atoms. The average molecular weight is 197 g/mol. The molecule has 0 spiro atoms. The van der Waals surface area contributed by atoms with Crippen LogP contribution in [0.3, 0.4) is 0 Å². The lowest BCUT2D eigenvalue weighted by Crippen LogP contribution is -2.08. The fourth-order valence-electron chi connectivity index (χ4n) is 1.63. The molecule has 4 heteroatoms. The van der Waals surface area contributed by atoms with Gasteiger partial charge in [-0.15, -0.1) is 0 Å². The largest absolute Gasteiger partial charge is 0.394 e. The van der Waals surface area contributed by atoms with E-state index in [1.807, 2.05) is 6.07 Å². The summed E-state index contributed by atoms with van der Waals surface area (Å²) in [4.78, 5) is 0. The quantitative estimate of drug-likeness (QED) is 0.749. The Kier molecular flexibility index (Phi) is 3.95. The van der Waals surface area contributed by atoms with E-state index in [1.54, 1.807) is 4.68 Å². The van der Waals surface area contributed by atoms with Gasteiger partial charge in [-0.05, 0) is 12.8 Å². The van der Waals surface area contributed by atoms with Crippen molar-refractivity contribution in [2.75, 3.05) is 12.3 Å². The van der Waals surface area contributed by atoms with Crippen LogP contribution in [0.15, 0.2) is 6.07 Å². The fourth-order valence-corrected chi connectivity index (χ4v) is 1.63. The second-order valence-corrected chi connectivity index (χ2v) is 3.45. The number of rotatable bonds is 5. The summed E-state index contributed by atoms with van der Waals surface area (Å²) in [6.45, 7) is 4.85. The standard InChI is InChI=1S/C10H19N3O/c1-3-8(4-2)9-7-10(11)13(12-9)5-6-14/h7-8,14H,3-6,11H2,1-2H3. The Morgan fingerprint density at radius 3 is 2.64 bits per heavy atom. The average Bonchev–Trinajstić information content (AvgIpc) is 2.51. The molecule has 0 aliphatic carbocycles. The lowest BCUT2D eigenvalue weighted by molar-refractivity contribution is 0.270. The van der Waals surface area contributed by atoms with E-state index < -0.39 is 0 Å². The molecule has 3 N–H and O–H groups in total. The summed E-state index contributed by atoms with van der Waals surface area (Å²) >= 11 is 0. The Morgan fingerprint density at radius 1 is 1.50 bits per heavy atom. The van der Waals surface area contributed by atoms with Crippen LogP contribution in [-0.2, 0) is 6.54 Å². The third-order valence-electron chi connectivity index (χ3n) is 2.55. The van der Waals surface area contributed by atoms with E-state index in [-0.39, 0.29) is 6.61 Å². The molecular weight excluding hydrogens is 178 g/mol. The van der Waals surface area contributed by atoms with Crippen molar-refractivity contribution in [2.24, 2.45) is 0 Å². The van der Waals surface area contributed by atoms with E-state index in [9.17, 15) is 0 Å². The smallest absolute Gasteiger partial charge is 0.122 e. The van der Waals surface area contributed by atoms with Gasteiger partial charge in [0.1, 0.15) is 5.82 Å². The van der Waals surface area contributed by atoms with Crippen molar-refractivity contribution in [1.29, 1.82) is 0 Å². The molecule has 1 aromatic rings. The van der Waals surface area contributed by atoms with Crippen molar-refractivity contribution >= 4 is 5.82 Å². The van der Waals surface area contributed by atoms with E-state index in [2.05, 4.69) is 18.9 Å². The molecule has 4 nitrogen and oxygen atoms in total. The molecule has 1 aromatic heterocycles. The van der Waals surface area contributed by atoms with Gasteiger partial charge in [0.2, 0.25) is 0 Å². The van der Waals surface area contributed by atoms with Crippen LogP contribution >= 0.6 is 0 Å². The highest BCUT2D eigenvalue weighted by atomic mass is 16.3. The third-order valence-corrected chi connectivity index (χ3v) is 2.55. The van der Waals surface area contributed by atoms with Crippen LogP contribution in [0.25, 0.3) is 0 Å². The van der Waals surface area contributed by atoms with E-state index in [1.165, 1.54) is 0 Å². The number of aliphatic hydroxyl groups excluding tert-OH is 1. The Hall–Kier alpha value is -1.03. The number of anilines is 1. The summed E-state index contributed by atoms with van der Waals surface area (Å²) in [6.07, 6.45) is 2.15. The van der Waals surface area contributed by atoms with Gasteiger partial charge in [-0.2, -0.15) is 5.10 Å². The third kappa shape index (κ3) is 2.26. The first-order chi connectivity index (χ1) is 6.72. The lowest BCUT2D eigenvalue weighted by atomic mass is 10.00. The number of hydrogen-bond acceptors (Lipinski definition) is 3. The molecule has 0 aromatic carbocycles. The van der Waals surface area contributed by atoms with Crippen molar-refractivity contribution in [3.05, 3.63) is 11.8 Å². The van der Waals surface area contributed by atoms with Crippen molar-refractivity contribution in [3.8, 4) is 0 Å².